The second-order valence-electron chi connectivity index (χ2n) is 4.06. The lowest BCUT2D eigenvalue weighted by atomic mass is 10.2. The van der Waals surface area contributed by atoms with E-state index in [4.69, 9.17) is 11.6 Å². The van der Waals surface area contributed by atoms with Gasteiger partial charge in [0.15, 0.2) is 0 Å². The van der Waals surface area contributed by atoms with Crippen molar-refractivity contribution < 1.29 is 0 Å². The van der Waals surface area contributed by atoms with Crippen molar-refractivity contribution in [3.8, 4) is 0 Å². The summed E-state index contributed by atoms with van der Waals surface area (Å²) in [6.07, 6.45) is 5.46. The summed E-state index contributed by atoms with van der Waals surface area (Å²) >= 11 is 7.48. The number of hydrogen-bond acceptors (Lipinski definition) is 3. The van der Waals surface area contributed by atoms with Crippen LogP contribution in [0.4, 0.5) is 0 Å². The Labute approximate surface area is 100 Å². The van der Waals surface area contributed by atoms with Crippen LogP contribution in [0.1, 0.15) is 36.4 Å². The van der Waals surface area contributed by atoms with E-state index in [1.165, 1.54) is 43.8 Å². The highest BCUT2D eigenvalue weighted by Gasteiger charge is 2.11. The lowest BCUT2D eigenvalue weighted by Crippen LogP contribution is -2.23. The fourth-order valence-corrected chi connectivity index (χ4v) is 3.03. The van der Waals surface area contributed by atoms with Crippen molar-refractivity contribution in [3.63, 3.8) is 0 Å². The fraction of sp³-hybridized carbons (Fsp3) is 0.727. The highest BCUT2D eigenvalue weighted by Crippen LogP contribution is 2.16. The average molecular weight is 245 g/mol. The van der Waals surface area contributed by atoms with Gasteiger partial charge < -0.3 is 0 Å². The third-order valence-corrected chi connectivity index (χ3v) is 3.95. The van der Waals surface area contributed by atoms with Crippen LogP contribution in [0, 0.1) is 0 Å². The van der Waals surface area contributed by atoms with Crippen LogP contribution in [0.3, 0.4) is 0 Å². The summed E-state index contributed by atoms with van der Waals surface area (Å²) in [5.74, 6) is 0.538. The molecule has 1 aliphatic rings. The number of aromatic nitrogens is 1. The van der Waals surface area contributed by atoms with Gasteiger partial charge in [0.1, 0.15) is 5.01 Å². The topological polar surface area (TPSA) is 16.1 Å². The van der Waals surface area contributed by atoms with Gasteiger partial charge in [-0.2, -0.15) is 0 Å². The molecule has 0 spiro atoms. The van der Waals surface area contributed by atoms with E-state index in [2.05, 4.69) is 15.3 Å². The number of hydrogen-bond donors (Lipinski definition) is 0. The van der Waals surface area contributed by atoms with Crippen molar-refractivity contribution in [2.24, 2.45) is 0 Å². The van der Waals surface area contributed by atoms with Crippen molar-refractivity contribution >= 4 is 22.9 Å². The summed E-state index contributed by atoms with van der Waals surface area (Å²) in [4.78, 5) is 7.02. The molecule has 2 nitrogen and oxygen atoms in total. The van der Waals surface area contributed by atoms with Crippen molar-refractivity contribution in [2.45, 2.75) is 38.1 Å². The van der Waals surface area contributed by atoms with E-state index >= 15 is 0 Å². The molecule has 0 unspecified atom stereocenters. The van der Waals surface area contributed by atoms with Crippen LogP contribution in [0.5, 0.6) is 0 Å². The predicted octanol–water partition coefficient (Wildman–Crippen LogP) is 3.26. The van der Waals surface area contributed by atoms with E-state index in [-0.39, 0.29) is 0 Å². The third-order valence-electron chi connectivity index (χ3n) is 2.79. The molecule has 2 rings (SSSR count). The highest BCUT2D eigenvalue weighted by molar-refractivity contribution is 7.09. The van der Waals surface area contributed by atoms with Crippen LogP contribution < -0.4 is 0 Å². The Morgan fingerprint density at radius 1 is 1.27 bits per heavy atom. The van der Waals surface area contributed by atoms with Gasteiger partial charge in [-0.3, -0.25) is 4.90 Å². The minimum Gasteiger partial charge on any atom is -0.297 e. The summed E-state index contributed by atoms with van der Waals surface area (Å²) < 4.78 is 0. The first-order chi connectivity index (χ1) is 7.38. The average Bonchev–Trinajstić information content (AvgIpc) is 2.54. The zero-order chi connectivity index (χ0) is 10.5. The molecule has 2 heterocycles. The Morgan fingerprint density at radius 3 is 2.60 bits per heavy atom. The first-order valence-electron chi connectivity index (χ1n) is 5.60. The van der Waals surface area contributed by atoms with E-state index in [1.54, 1.807) is 11.3 Å². The molecule has 0 aromatic carbocycles. The molecule has 0 N–H and O–H groups in total. The molecule has 0 amide bonds. The largest absolute Gasteiger partial charge is 0.297 e. The van der Waals surface area contributed by atoms with Gasteiger partial charge in [0, 0.05) is 5.38 Å². The Hall–Kier alpha value is -0.120. The standard InChI is InChI=1S/C11H17ClN2S/c12-7-10-9-15-11(13-10)8-14-5-3-1-2-4-6-14/h9H,1-8H2. The van der Waals surface area contributed by atoms with Gasteiger partial charge in [-0.1, -0.05) is 12.8 Å². The number of likely N-dealkylation sites (tertiary alicyclic amines) is 1. The Kier molecular flexibility index (Phi) is 4.42. The third kappa shape index (κ3) is 3.44. The number of alkyl halides is 1. The van der Waals surface area contributed by atoms with E-state index < -0.39 is 0 Å². The van der Waals surface area contributed by atoms with Crippen molar-refractivity contribution in [2.75, 3.05) is 13.1 Å². The molecule has 1 aromatic heterocycles. The van der Waals surface area contributed by atoms with Gasteiger partial charge in [0.2, 0.25) is 0 Å². The molecule has 1 fully saturated rings. The van der Waals surface area contributed by atoms with E-state index in [1.807, 2.05) is 0 Å². The van der Waals surface area contributed by atoms with Gasteiger partial charge in [-0.05, 0) is 25.9 Å². The zero-order valence-electron chi connectivity index (χ0n) is 8.91. The van der Waals surface area contributed by atoms with Crippen molar-refractivity contribution in [1.29, 1.82) is 0 Å². The van der Waals surface area contributed by atoms with Crippen LogP contribution >= 0.6 is 22.9 Å². The van der Waals surface area contributed by atoms with Gasteiger partial charge in [-0.15, -0.1) is 22.9 Å². The van der Waals surface area contributed by atoms with Crippen molar-refractivity contribution in [3.05, 3.63) is 16.1 Å². The number of nitrogens with zero attached hydrogens (tertiary/aromatic N) is 2. The maximum atomic E-state index is 5.74. The van der Waals surface area contributed by atoms with Crippen LogP contribution in [-0.4, -0.2) is 23.0 Å². The normalized spacial score (nSPS) is 19.0. The minimum absolute atomic E-state index is 0.538. The molecule has 1 aliphatic heterocycles. The quantitative estimate of drug-likeness (QED) is 0.759. The Bertz CT molecular complexity index is 293. The Balaban J connectivity index is 1.89. The number of thiazole rings is 1. The zero-order valence-corrected chi connectivity index (χ0v) is 10.5. The monoisotopic (exact) mass is 244 g/mol. The maximum absolute atomic E-state index is 5.74. The summed E-state index contributed by atoms with van der Waals surface area (Å²) in [5.41, 5.74) is 1.02. The van der Waals surface area contributed by atoms with Crippen LogP contribution in [-0.2, 0) is 12.4 Å². The fourth-order valence-electron chi connectivity index (χ4n) is 1.97. The molecule has 0 atom stereocenters. The molecule has 1 saturated heterocycles. The first-order valence-corrected chi connectivity index (χ1v) is 7.01. The second-order valence-corrected chi connectivity index (χ2v) is 5.27. The van der Waals surface area contributed by atoms with Gasteiger partial charge in [0.05, 0.1) is 18.1 Å². The Morgan fingerprint density at radius 2 is 2.00 bits per heavy atom. The lowest BCUT2D eigenvalue weighted by molar-refractivity contribution is 0.276. The molecule has 0 radical (unpaired) electrons. The summed E-state index contributed by atoms with van der Waals surface area (Å²) in [7, 11) is 0. The first kappa shape index (κ1) is 11.4. The van der Waals surface area contributed by atoms with Crippen LogP contribution in [0.15, 0.2) is 5.38 Å². The van der Waals surface area contributed by atoms with Crippen LogP contribution in [0.25, 0.3) is 0 Å². The summed E-state index contributed by atoms with van der Waals surface area (Å²) in [6.45, 7) is 3.48. The van der Waals surface area contributed by atoms with Gasteiger partial charge in [-0.25, -0.2) is 4.98 Å². The predicted molar refractivity (Wildman–Crippen MR) is 65.4 cm³/mol. The van der Waals surface area contributed by atoms with E-state index in [0.29, 0.717) is 5.88 Å². The molecular formula is C11H17ClN2S. The maximum Gasteiger partial charge on any atom is 0.107 e. The molecular weight excluding hydrogens is 228 g/mol. The second kappa shape index (κ2) is 5.83. The van der Waals surface area contributed by atoms with E-state index in [9.17, 15) is 0 Å². The molecule has 0 bridgehead atoms. The van der Waals surface area contributed by atoms with Gasteiger partial charge in [0.25, 0.3) is 0 Å². The van der Waals surface area contributed by atoms with Gasteiger partial charge >= 0.3 is 0 Å². The molecule has 1 aromatic rings. The summed E-state index contributed by atoms with van der Waals surface area (Å²) in [5, 5.41) is 3.28. The smallest absolute Gasteiger partial charge is 0.107 e. The van der Waals surface area contributed by atoms with E-state index in [0.717, 1.165) is 12.2 Å². The molecule has 0 saturated carbocycles. The number of halogens is 1. The summed E-state index contributed by atoms with van der Waals surface area (Å²) in [6, 6.07) is 0. The minimum atomic E-state index is 0.538. The molecule has 0 aliphatic carbocycles. The van der Waals surface area contributed by atoms with Crippen molar-refractivity contribution in [1.82, 2.24) is 9.88 Å². The SMILES string of the molecule is ClCc1csc(CN2CCCCCC2)n1. The van der Waals surface area contributed by atoms with Crippen LogP contribution in [0.2, 0.25) is 0 Å². The highest BCUT2D eigenvalue weighted by atomic mass is 35.5. The molecule has 84 valence electrons. The molecule has 4 heteroatoms. The molecule has 15 heavy (non-hydrogen) atoms. The number of rotatable bonds is 3. The lowest BCUT2D eigenvalue weighted by Gasteiger charge is -2.17.